The molecular weight excluding hydrogens is 266 g/mol. The van der Waals surface area contributed by atoms with Crippen LogP contribution >= 0.6 is 11.3 Å². The fraction of sp³-hybridized carbons (Fsp3) is 0.500. The van der Waals surface area contributed by atoms with Crippen molar-refractivity contribution in [3.63, 3.8) is 0 Å². The Balaban J connectivity index is 1.83. The van der Waals surface area contributed by atoms with Gasteiger partial charge in [-0.1, -0.05) is 55.5 Å². The Kier molecular flexibility index (Phi) is 4.13. The summed E-state index contributed by atoms with van der Waals surface area (Å²) in [5.41, 5.74) is 1.27. The summed E-state index contributed by atoms with van der Waals surface area (Å²) >= 11 is 1.78. The summed E-state index contributed by atoms with van der Waals surface area (Å²) in [4.78, 5) is 0. The van der Waals surface area contributed by atoms with Crippen LogP contribution in [0.3, 0.4) is 0 Å². The molecule has 2 aromatic rings. The van der Waals surface area contributed by atoms with Crippen LogP contribution in [0.4, 0.5) is 0 Å². The Labute approximate surface area is 124 Å². The maximum Gasteiger partial charge on any atom is 0.139 e. The normalized spacial score (nSPS) is 22.7. The topological polar surface area (TPSA) is 37.8 Å². The second-order valence-corrected chi connectivity index (χ2v) is 6.64. The highest BCUT2D eigenvalue weighted by Gasteiger charge is 2.37. The maximum atomic E-state index is 4.45. The Morgan fingerprint density at radius 3 is 2.70 bits per heavy atom. The van der Waals surface area contributed by atoms with Crippen molar-refractivity contribution in [1.29, 1.82) is 0 Å². The van der Waals surface area contributed by atoms with Gasteiger partial charge >= 0.3 is 0 Å². The van der Waals surface area contributed by atoms with E-state index in [-0.39, 0.29) is 6.04 Å². The van der Waals surface area contributed by atoms with Crippen LogP contribution in [-0.2, 0) is 0 Å². The van der Waals surface area contributed by atoms with E-state index in [1.165, 1.54) is 17.0 Å². The standard InChI is InChI=1S/C16H21N3S/c1-3-9-17-14(12-7-5-4-6-8-12)16-19-18-15(20-16)13-10-11(13)2/h4-8,11,13-14,17H,3,9-10H2,1-2H3. The van der Waals surface area contributed by atoms with Crippen LogP contribution in [0, 0.1) is 5.92 Å². The van der Waals surface area contributed by atoms with E-state index in [0.717, 1.165) is 23.9 Å². The molecule has 1 aliphatic rings. The van der Waals surface area contributed by atoms with Gasteiger partial charge in [0, 0.05) is 5.92 Å². The first-order valence-corrected chi connectivity index (χ1v) is 8.23. The van der Waals surface area contributed by atoms with E-state index in [9.17, 15) is 0 Å². The quantitative estimate of drug-likeness (QED) is 0.879. The van der Waals surface area contributed by atoms with Gasteiger partial charge in [0.25, 0.3) is 0 Å². The van der Waals surface area contributed by atoms with Crippen LogP contribution < -0.4 is 5.32 Å². The number of nitrogens with one attached hydrogen (secondary N) is 1. The minimum Gasteiger partial charge on any atom is -0.304 e. The van der Waals surface area contributed by atoms with Crippen LogP contribution in [0.1, 0.15) is 54.2 Å². The summed E-state index contributed by atoms with van der Waals surface area (Å²) in [6.07, 6.45) is 2.39. The lowest BCUT2D eigenvalue weighted by atomic mass is 10.1. The summed E-state index contributed by atoms with van der Waals surface area (Å²) in [6.45, 7) is 5.47. The molecule has 0 aliphatic heterocycles. The Hall–Kier alpha value is -1.26. The first-order valence-electron chi connectivity index (χ1n) is 7.41. The van der Waals surface area contributed by atoms with Gasteiger partial charge in [0.05, 0.1) is 6.04 Å². The fourth-order valence-corrected chi connectivity index (χ4v) is 3.66. The van der Waals surface area contributed by atoms with Crippen LogP contribution in [0.2, 0.25) is 0 Å². The number of nitrogens with zero attached hydrogens (tertiary/aromatic N) is 2. The molecule has 0 saturated heterocycles. The van der Waals surface area contributed by atoms with Gasteiger partial charge in [0.1, 0.15) is 10.0 Å². The van der Waals surface area contributed by atoms with Crippen molar-refractivity contribution in [2.45, 2.75) is 38.6 Å². The van der Waals surface area contributed by atoms with E-state index in [4.69, 9.17) is 0 Å². The molecule has 3 rings (SSSR count). The molecule has 1 aromatic carbocycles. The van der Waals surface area contributed by atoms with Crippen LogP contribution in [-0.4, -0.2) is 16.7 Å². The highest BCUT2D eigenvalue weighted by atomic mass is 32.1. The Morgan fingerprint density at radius 2 is 2.05 bits per heavy atom. The average Bonchev–Trinajstić information content (AvgIpc) is 3.02. The van der Waals surface area contributed by atoms with Gasteiger partial charge in [-0.2, -0.15) is 0 Å². The van der Waals surface area contributed by atoms with E-state index in [2.05, 4.69) is 59.7 Å². The van der Waals surface area contributed by atoms with Crippen molar-refractivity contribution in [1.82, 2.24) is 15.5 Å². The lowest BCUT2D eigenvalue weighted by Crippen LogP contribution is -2.23. The van der Waals surface area contributed by atoms with Crippen molar-refractivity contribution in [2.24, 2.45) is 5.92 Å². The second kappa shape index (κ2) is 6.02. The van der Waals surface area contributed by atoms with Crippen LogP contribution in [0.5, 0.6) is 0 Å². The molecule has 20 heavy (non-hydrogen) atoms. The molecule has 1 aliphatic carbocycles. The van der Waals surface area contributed by atoms with Crippen LogP contribution in [0.25, 0.3) is 0 Å². The van der Waals surface area contributed by atoms with Crippen molar-refractivity contribution in [3.05, 3.63) is 45.9 Å². The molecule has 1 N–H and O–H groups in total. The molecule has 3 unspecified atom stereocenters. The first kappa shape index (κ1) is 13.7. The summed E-state index contributed by atoms with van der Waals surface area (Å²) in [6, 6.07) is 10.7. The zero-order valence-electron chi connectivity index (χ0n) is 12.0. The molecule has 0 amide bonds. The highest BCUT2D eigenvalue weighted by Crippen LogP contribution is 2.48. The molecule has 4 heteroatoms. The lowest BCUT2D eigenvalue weighted by Gasteiger charge is -2.15. The number of hydrogen-bond acceptors (Lipinski definition) is 4. The number of aromatic nitrogens is 2. The third-order valence-electron chi connectivity index (χ3n) is 3.86. The van der Waals surface area contributed by atoms with E-state index >= 15 is 0 Å². The van der Waals surface area contributed by atoms with E-state index in [1.54, 1.807) is 11.3 Å². The lowest BCUT2D eigenvalue weighted by molar-refractivity contribution is 0.591. The minimum atomic E-state index is 0.177. The van der Waals surface area contributed by atoms with E-state index in [0.29, 0.717) is 5.92 Å². The molecule has 106 valence electrons. The van der Waals surface area contributed by atoms with Gasteiger partial charge in [-0.3, -0.25) is 0 Å². The predicted molar refractivity (Wildman–Crippen MR) is 83.0 cm³/mol. The van der Waals surface area contributed by atoms with Gasteiger partial charge < -0.3 is 5.32 Å². The number of benzene rings is 1. The molecule has 1 heterocycles. The molecule has 1 fully saturated rings. The van der Waals surface area contributed by atoms with Gasteiger partial charge in [-0.15, -0.1) is 10.2 Å². The zero-order valence-corrected chi connectivity index (χ0v) is 12.9. The molecule has 3 nitrogen and oxygen atoms in total. The van der Waals surface area contributed by atoms with Crippen LogP contribution in [0.15, 0.2) is 30.3 Å². The monoisotopic (exact) mass is 287 g/mol. The SMILES string of the molecule is CCCNC(c1ccccc1)c1nnc(C2CC2C)s1. The molecule has 1 aromatic heterocycles. The molecule has 0 bridgehead atoms. The third kappa shape index (κ3) is 2.91. The number of hydrogen-bond donors (Lipinski definition) is 1. The third-order valence-corrected chi connectivity index (χ3v) is 4.98. The second-order valence-electron chi connectivity index (χ2n) is 5.60. The minimum absolute atomic E-state index is 0.177. The summed E-state index contributed by atoms with van der Waals surface area (Å²) < 4.78 is 0. The van der Waals surface area contributed by atoms with E-state index in [1.807, 2.05) is 0 Å². The Morgan fingerprint density at radius 1 is 1.30 bits per heavy atom. The molecule has 0 radical (unpaired) electrons. The van der Waals surface area contributed by atoms with E-state index < -0.39 is 0 Å². The summed E-state index contributed by atoms with van der Waals surface area (Å²) in [7, 11) is 0. The first-order chi connectivity index (χ1) is 9.79. The molecule has 0 spiro atoms. The molecule has 3 atom stereocenters. The van der Waals surface area contributed by atoms with Crippen molar-refractivity contribution in [3.8, 4) is 0 Å². The largest absolute Gasteiger partial charge is 0.304 e. The highest BCUT2D eigenvalue weighted by molar-refractivity contribution is 7.11. The van der Waals surface area contributed by atoms with Crippen molar-refractivity contribution in [2.75, 3.05) is 6.54 Å². The average molecular weight is 287 g/mol. The molecular formula is C16H21N3S. The number of rotatable bonds is 6. The Bertz CT molecular complexity index is 552. The van der Waals surface area contributed by atoms with Gasteiger partial charge in [0.15, 0.2) is 0 Å². The zero-order chi connectivity index (χ0) is 13.9. The van der Waals surface area contributed by atoms with Crippen molar-refractivity contribution >= 4 is 11.3 Å². The fourth-order valence-electron chi connectivity index (χ4n) is 2.46. The van der Waals surface area contributed by atoms with Gasteiger partial charge in [0.2, 0.25) is 0 Å². The smallest absolute Gasteiger partial charge is 0.139 e. The summed E-state index contributed by atoms with van der Waals surface area (Å²) in [5.74, 6) is 1.44. The van der Waals surface area contributed by atoms with Gasteiger partial charge in [-0.05, 0) is 30.9 Å². The van der Waals surface area contributed by atoms with Crippen molar-refractivity contribution < 1.29 is 0 Å². The summed E-state index contributed by atoms with van der Waals surface area (Å²) in [5, 5.41) is 14.8. The maximum absolute atomic E-state index is 4.45. The van der Waals surface area contributed by atoms with Gasteiger partial charge in [-0.25, -0.2) is 0 Å². The molecule has 1 saturated carbocycles. The predicted octanol–water partition coefficient (Wildman–Crippen LogP) is 3.75.